The van der Waals surface area contributed by atoms with Crippen LogP contribution in [0, 0.1) is 5.41 Å². The van der Waals surface area contributed by atoms with Crippen LogP contribution in [-0.2, 0) is 0 Å². The summed E-state index contributed by atoms with van der Waals surface area (Å²) in [5.41, 5.74) is 5.86. The Balaban J connectivity index is 2.91. The summed E-state index contributed by atoms with van der Waals surface area (Å²) in [4.78, 5) is 0. The predicted octanol–water partition coefficient (Wildman–Crippen LogP) is 2.19. The highest BCUT2D eigenvalue weighted by molar-refractivity contribution is 9.10. The third-order valence-electron chi connectivity index (χ3n) is 2.11. The monoisotopic (exact) mass is 245 g/mol. The minimum Gasteiger partial charge on any atom is -0.328 e. The molecule has 1 aromatic heterocycles. The second-order valence-corrected chi connectivity index (χ2v) is 5.17. The van der Waals surface area contributed by atoms with Crippen molar-refractivity contribution >= 4 is 15.9 Å². The Bertz CT molecular complexity index is 275. The highest BCUT2D eigenvalue weighted by Gasteiger charge is 2.25. The normalized spacial score (nSPS) is 14.5. The van der Waals surface area contributed by atoms with Crippen molar-refractivity contribution in [1.82, 2.24) is 9.78 Å². The number of hydrogen-bond acceptors (Lipinski definition) is 2. The maximum atomic E-state index is 5.72. The molecule has 0 amide bonds. The first-order chi connectivity index (χ1) is 5.95. The van der Waals surface area contributed by atoms with Gasteiger partial charge in [-0.25, -0.2) is 0 Å². The predicted molar refractivity (Wildman–Crippen MR) is 57.5 cm³/mol. The minimum absolute atomic E-state index is 0.139. The van der Waals surface area contributed by atoms with E-state index in [1.165, 1.54) is 0 Å². The molecule has 1 atom stereocenters. The van der Waals surface area contributed by atoms with Gasteiger partial charge in [-0.15, -0.1) is 0 Å². The number of nitrogens with two attached hydrogens (primary N) is 1. The van der Waals surface area contributed by atoms with Crippen molar-refractivity contribution in [2.24, 2.45) is 11.1 Å². The maximum absolute atomic E-state index is 5.72. The maximum Gasteiger partial charge on any atom is 0.0689 e. The van der Waals surface area contributed by atoms with Crippen LogP contribution in [0.5, 0.6) is 0 Å². The molecule has 1 rings (SSSR count). The van der Waals surface area contributed by atoms with E-state index in [1.54, 1.807) is 6.20 Å². The molecule has 13 heavy (non-hydrogen) atoms. The molecule has 0 aromatic carbocycles. The first-order valence-electron chi connectivity index (χ1n) is 4.35. The average molecular weight is 246 g/mol. The molecule has 1 unspecified atom stereocenters. The number of halogens is 1. The quantitative estimate of drug-likeness (QED) is 0.869. The minimum atomic E-state index is 0.139. The number of nitrogens with zero attached hydrogens (tertiary/aromatic N) is 2. The third-order valence-corrected chi connectivity index (χ3v) is 2.52. The third kappa shape index (κ3) is 2.54. The van der Waals surface area contributed by atoms with E-state index in [0.29, 0.717) is 6.54 Å². The second-order valence-electron chi connectivity index (χ2n) is 4.26. The van der Waals surface area contributed by atoms with Gasteiger partial charge in [0.1, 0.15) is 0 Å². The Morgan fingerprint density at radius 1 is 1.62 bits per heavy atom. The summed E-state index contributed by atoms with van der Waals surface area (Å²) in [6, 6.07) is 0.249. The molecule has 0 bridgehead atoms. The van der Waals surface area contributed by atoms with Crippen molar-refractivity contribution in [3.8, 4) is 0 Å². The molecule has 2 N–H and O–H groups in total. The molecule has 0 spiro atoms. The van der Waals surface area contributed by atoms with Crippen molar-refractivity contribution < 1.29 is 0 Å². The van der Waals surface area contributed by atoms with E-state index in [1.807, 2.05) is 10.9 Å². The molecule has 0 aliphatic carbocycles. The lowest BCUT2D eigenvalue weighted by atomic mass is 9.87. The van der Waals surface area contributed by atoms with E-state index in [-0.39, 0.29) is 11.5 Å². The molecular formula is C9H16BrN3. The second kappa shape index (κ2) is 3.80. The molecule has 74 valence electrons. The van der Waals surface area contributed by atoms with Gasteiger partial charge >= 0.3 is 0 Å². The molecule has 0 radical (unpaired) electrons. The fraction of sp³-hybridized carbons (Fsp3) is 0.667. The average Bonchev–Trinajstić information content (AvgIpc) is 2.34. The van der Waals surface area contributed by atoms with Crippen LogP contribution in [0.15, 0.2) is 16.9 Å². The Kier molecular flexibility index (Phi) is 3.14. The van der Waals surface area contributed by atoms with Crippen molar-refractivity contribution in [2.45, 2.75) is 26.8 Å². The molecule has 0 aliphatic rings. The van der Waals surface area contributed by atoms with Gasteiger partial charge in [0.05, 0.1) is 16.7 Å². The zero-order valence-electron chi connectivity index (χ0n) is 8.29. The molecule has 0 fully saturated rings. The highest BCUT2D eigenvalue weighted by Crippen LogP contribution is 2.29. The van der Waals surface area contributed by atoms with Crippen LogP contribution in [0.1, 0.15) is 26.8 Å². The van der Waals surface area contributed by atoms with E-state index in [4.69, 9.17) is 5.73 Å². The van der Waals surface area contributed by atoms with Gasteiger partial charge in [0.15, 0.2) is 0 Å². The van der Waals surface area contributed by atoms with Gasteiger partial charge in [0.2, 0.25) is 0 Å². The first kappa shape index (κ1) is 10.7. The van der Waals surface area contributed by atoms with Gasteiger partial charge in [-0.3, -0.25) is 4.68 Å². The van der Waals surface area contributed by atoms with Gasteiger partial charge in [-0.2, -0.15) is 5.10 Å². The highest BCUT2D eigenvalue weighted by atomic mass is 79.9. The van der Waals surface area contributed by atoms with Gasteiger partial charge in [0, 0.05) is 12.7 Å². The van der Waals surface area contributed by atoms with E-state index in [9.17, 15) is 0 Å². The Morgan fingerprint density at radius 2 is 2.23 bits per heavy atom. The lowest BCUT2D eigenvalue weighted by Gasteiger charge is -2.29. The van der Waals surface area contributed by atoms with Crippen LogP contribution in [0.4, 0.5) is 0 Å². The fourth-order valence-electron chi connectivity index (χ4n) is 1.34. The van der Waals surface area contributed by atoms with Crippen molar-refractivity contribution in [3.63, 3.8) is 0 Å². The van der Waals surface area contributed by atoms with Crippen molar-refractivity contribution in [3.05, 3.63) is 16.9 Å². The summed E-state index contributed by atoms with van der Waals surface area (Å²) in [5.74, 6) is 0. The largest absolute Gasteiger partial charge is 0.328 e. The number of rotatable bonds is 2. The van der Waals surface area contributed by atoms with E-state index in [0.717, 1.165) is 4.47 Å². The Morgan fingerprint density at radius 3 is 2.54 bits per heavy atom. The molecule has 0 saturated heterocycles. The number of hydrogen-bond donors (Lipinski definition) is 1. The van der Waals surface area contributed by atoms with Gasteiger partial charge < -0.3 is 5.73 Å². The van der Waals surface area contributed by atoms with Gasteiger partial charge in [-0.1, -0.05) is 20.8 Å². The van der Waals surface area contributed by atoms with E-state index < -0.39 is 0 Å². The summed E-state index contributed by atoms with van der Waals surface area (Å²) in [5, 5.41) is 4.24. The zero-order valence-corrected chi connectivity index (χ0v) is 9.87. The zero-order chi connectivity index (χ0) is 10.1. The molecule has 0 saturated carbocycles. The Labute approximate surface area is 87.4 Å². The van der Waals surface area contributed by atoms with Gasteiger partial charge in [0.25, 0.3) is 0 Å². The van der Waals surface area contributed by atoms with Crippen LogP contribution >= 0.6 is 15.9 Å². The standard InChI is InChI=1S/C9H16BrN3/c1-9(2,3)8(4-11)13-6-7(10)5-12-13/h5-6,8H,4,11H2,1-3H3. The topological polar surface area (TPSA) is 43.8 Å². The number of aromatic nitrogens is 2. The molecule has 3 nitrogen and oxygen atoms in total. The molecule has 0 aliphatic heterocycles. The Hall–Kier alpha value is -0.350. The summed E-state index contributed by atoms with van der Waals surface area (Å²) in [6.45, 7) is 7.11. The first-order valence-corrected chi connectivity index (χ1v) is 5.14. The SMILES string of the molecule is CC(C)(C)C(CN)n1cc(Br)cn1. The summed E-state index contributed by atoms with van der Waals surface area (Å²) < 4.78 is 2.92. The van der Waals surface area contributed by atoms with Crippen LogP contribution in [0.3, 0.4) is 0 Å². The summed E-state index contributed by atoms with van der Waals surface area (Å²) in [6.07, 6.45) is 3.75. The van der Waals surface area contributed by atoms with Crippen LogP contribution < -0.4 is 5.73 Å². The molecule has 1 aromatic rings. The smallest absolute Gasteiger partial charge is 0.0689 e. The van der Waals surface area contributed by atoms with Crippen molar-refractivity contribution in [1.29, 1.82) is 0 Å². The fourth-order valence-corrected chi connectivity index (χ4v) is 1.65. The van der Waals surface area contributed by atoms with E-state index >= 15 is 0 Å². The van der Waals surface area contributed by atoms with Crippen LogP contribution in [0.2, 0.25) is 0 Å². The lowest BCUT2D eigenvalue weighted by molar-refractivity contribution is 0.231. The van der Waals surface area contributed by atoms with E-state index in [2.05, 4.69) is 41.8 Å². The van der Waals surface area contributed by atoms with Crippen molar-refractivity contribution in [2.75, 3.05) is 6.54 Å². The molecular weight excluding hydrogens is 230 g/mol. The van der Waals surface area contributed by atoms with Crippen LogP contribution in [-0.4, -0.2) is 16.3 Å². The van der Waals surface area contributed by atoms with Crippen LogP contribution in [0.25, 0.3) is 0 Å². The molecule has 1 heterocycles. The molecule has 4 heteroatoms. The summed E-state index contributed by atoms with van der Waals surface area (Å²) in [7, 11) is 0. The van der Waals surface area contributed by atoms with Gasteiger partial charge in [-0.05, 0) is 21.3 Å². The lowest BCUT2D eigenvalue weighted by Crippen LogP contribution is -2.31. The summed E-state index contributed by atoms with van der Waals surface area (Å²) >= 11 is 3.37.